The molecular formula is C16H12ClFN2O2. The number of rotatable bonds is 3. The Hall–Kier alpha value is -2.40. The molecule has 0 spiro atoms. The lowest BCUT2D eigenvalue weighted by Crippen LogP contribution is -1.97. The van der Waals surface area contributed by atoms with E-state index in [0.717, 1.165) is 5.56 Å². The number of aromatic hydroxyl groups is 1. The van der Waals surface area contributed by atoms with Crippen LogP contribution in [0.15, 0.2) is 36.7 Å². The average Bonchev–Trinajstić information content (AvgIpc) is 2.51. The van der Waals surface area contributed by atoms with Gasteiger partial charge in [-0.1, -0.05) is 17.7 Å². The Morgan fingerprint density at radius 3 is 2.77 bits per heavy atom. The summed E-state index contributed by atoms with van der Waals surface area (Å²) in [5, 5.41) is 10.7. The molecule has 1 heterocycles. The molecule has 0 radical (unpaired) electrons. The van der Waals surface area contributed by atoms with Crippen LogP contribution in [0.2, 0.25) is 5.02 Å². The number of hydrogen-bond donors (Lipinski definition) is 1. The van der Waals surface area contributed by atoms with Gasteiger partial charge >= 0.3 is 0 Å². The summed E-state index contributed by atoms with van der Waals surface area (Å²) < 4.78 is 18.3. The first kappa shape index (κ1) is 14.5. The van der Waals surface area contributed by atoms with E-state index in [-0.39, 0.29) is 10.8 Å². The smallest absolute Gasteiger partial charge is 0.162 e. The standard InChI is InChI=1S/C16H12ClFN2O2/c1-22-16-7-14-10(6-15(16)21)13(19-8-20-14)5-9-2-3-12(18)11(17)4-9/h2-4,6-8,21H,5H2,1H3. The lowest BCUT2D eigenvalue weighted by Gasteiger charge is -2.09. The largest absolute Gasteiger partial charge is 0.504 e. The molecule has 2 aromatic carbocycles. The van der Waals surface area contributed by atoms with Crippen LogP contribution in [0.25, 0.3) is 10.9 Å². The van der Waals surface area contributed by atoms with Crippen molar-refractivity contribution in [3.63, 3.8) is 0 Å². The van der Waals surface area contributed by atoms with Crippen molar-refractivity contribution in [3.8, 4) is 11.5 Å². The summed E-state index contributed by atoms with van der Waals surface area (Å²) in [6.45, 7) is 0. The third-order valence-corrected chi connectivity index (χ3v) is 3.66. The number of hydrogen-bond acceptors (Lipinski definition) is 4. The number of benzene rings is 2. The summed E-state index contributed by atoms with van der Waals surface area (Å²) in [6.07, 6.45) is 1.89. The highest BCUT2D eigenvalue weighted by molar-refractivity contribution is 6.30. The monoisotopic (exact) mass is 318 g/mol. The zero-order chi connectivity index (χ0) is 15.7. The van der Waals surface area contributed by atoms with Crippen LogP contribution >= 0.6 is 11.6 Å². The number of fused-ring (bicyclic) bond motifs is 1. The molecule has 112 valence electrons. The Morgan fingerprint density at radius 2 is 2.05 bits per heavy atom. The van der Waals surface area contributed by atoms with Gasteiger partial charge in [0.2, 0.25) is 0 Å². The minimum absolute atomic E-state index is 0.0168. The van der Waals surface area contributed by atoms with Gasteiger partial charge in [-0.25, -0.2) is 14.4 Å². The van der Waals surface area contributed by atoms with Crippen molar-refractivity contribution in [2.24, 2.45) is 0 Å². The van der Waals surface area contributed by atoms with Crippen LogP contribution < -0.4 is 4.74 Å². The van der Waals surface area contributed by atoms with Crippen LogP contribution in [-0.4, -0.2) is 22.2 Å². The molecule has 4 nitrogen and oxygen atoms in total. The molecular weight excluding hydrogens is 307 g/mol. The first-order chi connectivity index (χ1) is 10.6. The summed E-state index contributed by atoms with van der Waals surface area (Å²) in [6, 6.07) is 7.75. The summed E-state index contributed by atoms with van der Waals surface area (Å²) in [7, 11) is 1.48. The van der Waals surface area contributed by atoms with E-state index in [2.05, 4.69) is 9.97 Å². The first-order valence-corrected chi connectivity index (χ1v) is 6.91. The average molecular weight is 319 g/mol. The Bertz CT molecular complexity index is 855. The van der Waals surface area contributed by atoms with Crippen LogP contribution in [0.5, 0.6) is 11.5 Å². The first-order valence-electron chi connectivity index (χ1n) is 6.53. The summed E-state index contributed by atoms with van der Waals surface area (Å²) in [5.74, 6) is -0.0921. The van der Waals surface area contributed by atoms with Crippen molar-refractivity contribution in [2.75, 3.05) is 7.11 Å². The quantitative estimate of drug-likeness (QED) is 0.799. The van der Waals surface area contributed by atoms with Gasteiger partial charge in [-0.15, -0.1) is 0 Å². The molecule has 0 amide bonds. The van der Waals surface area contributed by atoms with E-state index in [9.17, 15) is 9.50 Å². The fourth-order valence-corrected chi connectivity index (χ4v) is 2.48. The minimum atomic E-state index is -0.458. The molecule has 3 aromatic rings. The topological polar surface area (TPSA) is 55.2 Å². The molecule has 1 aromatic heterocycles. The fourth-order valence-electron chi connectivity index (χ4n) is 2.27. The predicted molar refractivity (Wildman–Crippen MR) is 82.0 cm³/mol. The highest BCUT2D eigenvalue weighted by atomic mass is 35.5. The number of methoxy groups -OCH3 is 1. The van der Waals surface area contributed by atoms with Crippen LogP contribution in [0.4, 0.5) is 4.39 Å². The summed E-state index contributed by atoms with van der Waals surface area (Å²) >= 11 is 5.80. The number of aromatic nitrogens is 2. The van der Waals surface area contributed by atoms with Gasteiger partial charge in [0.05, 0.1) is 23.3 Å². The van der Waals surface area contributed by atoms with Crippen molar-refractivity contribution in [1.29, 1.82) is 0 Å². The lowest BCUT2D eigenvalue weighted by molar-refractivity contribution is 0.374. The number of phenols is 1. The number of halogens is 2. The second-order valence-corrected chi connectivity index (χ2v) is 5.19. The van der Waals surface area contributed by atoms with Gasteiger partial charge in [-0.05, 0) is 23.8 Å². The van der Waals surface area contributed by atoms with Crippen molar-refractivity contribution in [2.45, 2.75) is 6.42 Å². The summed E-state index contributed by atoms with van der Waals surface area (Å²) in [5.41, 5.74) is 2.19. The molecule has 1 N–H and O–H groups in total. The van der Waals surface area contributed by atoms with Gasteiger partial charge in [0.1, 0.15) is 12.1 Å². The molecule has 6 heteroatoms. The molecule has 0 saturated carbocycles. The van der Waals surface area contributed by atoms with Crippen molar-refractivity contribution < 1.29 is 14.2 Å². The maximum atomic E-state index is 13.2. The summed E-state index contributed by atoms with van der Waals surface area (Å²) in [4.78, 5) is 8.43. The van der Waals surface area contributed by atoms with Gasteiger partial charge < -0.3 is 9.84 Å². The third kappa shape index (κ3) is 2.67. The Labute approximate surface area is 131 Å². The van der Waals surface area contributed by atoms with E-state index >= 15 is 0 Å². The second-order valence-electron chi connectivity index (χ2n) is 4.79. The molecule has 0 unspecified atom stereocenters. The highest BCUT2D eigenvalue weighted by Crippen LogP contribution is 2.31. The van der Waals surface area contributed by atoms with Crippen molar-refractivity contribution in [3.05, 3.63) is 58.8 Å². The third-order valence-electron chi connectivity index (χ3n) is 3.37. The Morgan fingerprint density at radius 1 is 1.23 bits per heavy atom. The number of ether oxygens (including phenoxy) is 1. The van der Waals surface area contributed by atoms with E-state index in [1.54, 1.807) is 24.3 Å². The second kappa shape index (κ2) is 5.77. The van der Waals surface area contributed by atoms with Crippen LogP contribution in [-0.2, 0) is 6.42 Å². The van der Waals surface area contributed by atoms with Gasteiger partial charge in [-0.3, -0.25) is 0 Å². The van der Waals surface area contributed by atoms with Crippen molar-refractivity contribution in [1.82, 2.24) is 9.97 Å². The Kier molecular flexibility index (Phi) is 3.81. The van der Waals surface area contributed by atoms with E-state index < -0.39 is 5.82 Å². The molecule has 3 rings (SSSR count). The van der Waals surface area contributed by atoms with Gasteiger partial charge in [-0.2, -0.15) is 0 Å². The maximum Gasteiger partial charge on any atom is 0.162 e. The zero-order valence-electron chi connectivity index (χ0n) is 11.7. The van der Waals surface area contributed by atoms with Gasteiger partial charge in [0.25, 0.3) is 0 Å². The number of phenolic OH excluding ortho intramolecular Hbond substituents is 1. The normalized spacial score (nSPS) is 10.9. The van der Waals surface area contributed by atoms with Crippen LogP contribution in [0.1, 0.15) is 11.3 Å². The SMILES string of the molecule is COc1cc2ncnc(Cc3ccc(F)c(Cl)c3)c2cc1O. The van der Waals surface area contributed by atoms with E-state index in [1.807, 2.05) is 0 Å². The van der Waals surface area contributed by atoms with Crippen LogP contribution in [0.3, 0.4) is 0 Å². The maximum absolute atomic E-state index is 13.2. The van der Waals surface area contributed by atoms with Crippen molar-refractivity contribution >= 4 is 22.5 Å². The number of nitrogens with zero attached hydrogens (tertiary/aromatic N) is 2. The lowest BCUT2D eigenvalue weighted by atomic mass is 10.1. The molecule has 0 aliphatic rings. The highest BCUT2D eigenvalue weighted by Gasteiger charge is 2.11. The Balaban J connectivity index is 2.06. The zero-order valence-corrected chi connectivity index (χ0v) is 12.4. The van der Waals surface area contributed by atoms with E-state index in [1.165, 1.54) is 19.5 Å². The fraction of sp³-hybridized carbons (Fsp3) is 0.125. The molecule has 0 aliphatic heterocycles. The molecule has 22 heavy (non-hydrogen) atoms. The molecule has 0 atom stereocenters. The van der Waals surface area contributed by atoms with Gasteiger partial charge in [0, 0.05) is 17.9 Å². The van der Waals surface area contributed by atoms with E-state index in [4.69, 9.17) is 16.3 Å². The molecule has 0 saturated heterocycles. The minimum Gasteiger partial charge on any atom is -0.504 e. The molecule has 0 fully saturated rings. The molecule has 0 aliphatic carbocycles. The van der Waals surface area contributed by atoms with Gasteiger partial charge in [0.15, 0.2) is 11.5 Å². The van der Waals surface area contributed by atoms with E-state index in [0.29, 0.717) is 28.8 Å². The predicted octanol–water partition coefficient (Wildman–Crippen LogP) is 3.73. The molecule has 0 bridgehead atoms. The van der Waals surface area contributed by atoms with Crippen LogP contribution in [0, 0.1) is 5.82 Å².